The van der Waals surface area contributed by atoms with E-state index in [1.165, 1.54) is 38.8 Å². The molecule has 1 nitrogen and oxygen atoms in total. The maximum Gasteiger partial charge on any atom is 0.00952 e. The standard InChI is InChI=1S/C9H17N/c1-8-9-4-2-6-10(8)7-3-5-9/h8-9H,2-7H2,1H3. The fraction of sp³-hybridized carbons (Fsp3) is 1.00. The summed E-state index contributed by atoms with van der Waals surface area (Å²) in [4.78, 5) is 2.66. The smallest absolute Gasteiger partial charge is 0.00952 e. The molecule has 0 saturated carbocycles. The molecular weight excluding hydrogens is 122 g/mol. The molecule has 2 bridgehead atoms. The number of piperidine rings is 2. The zero-order chi connectivity index (χ0) is 6.97. The van der Waals surface area contributed by atoms with Crippen LogP contribution in [0.25, 0.3) is 0 Å². The van der Waals surface area contributed by atoms with E-state index in [0.717, 1.165) is 12.0 Å². The van der Waals surface area contributed by atoms with E-state index in [9.17, 15) is 0 Å². The molecule has 0 aromatic carbocycles. The lowest BCUT2D eigenvalue weighted by Crippen LogP contribution is -2.47. The van der Waals surface area contributed by atoms with Crippen molar-refractivity contribution in [2.75, 3.05) is 13.1 Å². The van der Waals surface area contributed by atoms with Crippen molar-refractivity contribution in [3.63, 3.8) is 0 Å². The first-order chi connectivity index (χ1) is 4.88. The molecule has 1 unspecified atom stereocenters. The van der Waals surface area contributed by atoms with Crippen molar-refractivity contribution >= 4 is 0 Å². The monoisotopic (exact) mass is 139 g/mol. The average Bonchev–Trinajstić information content (AvgIpc) is 1.86. The van der Waals surface area contributed by atoms with Crippen LogP contribution in [0.1, 0.15) is 32.6 Å². The van der Waals surface area contributed by atoms with Crippen LogP contribution in [0, 0.1) is 5.92 Å². The molecular formula is C9H17N. The second-order valence-electron chi connectivity index (χ2n) is 3.82. The van der Waals surface area contributed by atoms with E-state index in [1.807, 2.05) is 0 Å². The summed E-state index contributed by atoms with van der Waals surface area (Å²) in [6, 6.07) is 0.905. The highest BCUT2D eigenvalue weighted by atomic mass is 15.2. The Balaban J connectivity index is 2.05. The van der Waals surface area contributed by atoms with Gasteiger partial charge in [0.15, 0.2) is 0 Å². The lowest BCUT2D eigenvalue weighted by molar-refractivity contribution is 0.0611. The summed E-state index contributed by atoms with van der Waals surface area (Å²) in [5, 5.41) is 0. The maximum atomic E-state index is 2.66. The van der Waals surface area contributed by atoms with Crippen LogP contribution in [0.15, 0.2) is 0 Å². The Kier molecular flexibility index (Phi) is 1.69. The van der Waals surface area contributed by atoms with Crippen molar-refractivity contribution in [1.82, 2.24) is 4.90 Å². The fourth-order valence-corrected chi connectivity index (χ4v) is 2.56. The predicted octanol–water partition coefficient (Wildman–Crippen LogP) is 1.88. The number of hydrogen-bond acceptors (Lipinski definition) is 1. The Morgan fingerprint density at radius 3 is 2.10 bits per heavy atom. The predicted molar refractivity (Wildman–Crippen MR) is 43.0 cm³/mol. The van der Waals surface area contributed by atoms with Gasteiger partial charge in [-0.25, -0.2) is 0 Å². The zero-order valence-electron chi connectivity index (χ0n) is 6.84. The molecule has 10 heavy (non-hydrogen) atoms. The summed E-state index contributed by atoms with van der Waals surface area (Å²) in [5.74, 6) is 1.04. The minimum Gasteiger partial charge on any atom is -0.300 e. The van der Waals surface area contributed by atoms with Gasteiger partial charge >= 0.3 is 0 Å². The highest BCUT2D eigenvalue weighted by Gasteiger charge is 2.30. The van der Waals surface area contributed by atoms with Gasteiger partial charge in [-0.05, 0) is 51.6 Å². The average molecular weight is 139 g/mol. The molecule has 0 aromatic heterocycles. The summed E-state index contributed by atoms with van der Waals surface area (Å²) in [7, 11) is 0. The van der Waals surface area contributed by atoms with Crippen LogP contribution < -0.4 is 0 Å². The molecule has 2 heterocycles. The Labute approximate surface area is 63.4 Å². The van der Waals surface area contributed by atoms with Gasteiger partial charge in [-0.15, -0.1) is 0 Å². The molecule has 2 aliphatic rings. The third-order valence-electron chi connectivity index (χ3n) is 3.30. The van der Waals surface area contributed by atoms with Gasteiger partial charge in [-0.3, -0.25) is 0 Å². The minimum absolute atomic E-state index is 0.905. The van der Waals surface area contributed by atoms with E-state index in [1.54, 1.807) is 0 Å². The molecule has 2 saturated heterocycles. The van der Waals surface area contributed by atoms with Crippen molar-refractivity contribution in [3.05, 3.63) is 0 Å². The van der Waals surface area contributed by atoms with Crippen LogP contribution >= 0.6 is 0 Å². The third-order valence-corrected chi connectivity index (χ3v) is 3.30. The van der Waals surface area contributed by atoms with Crippen LogP contribution in [-0.4, -0.2) is 24.0 Å². The molecule has 0 radical (unpaired) electrons. The Bertz CT molecular complexity index is 99.9. The van der Waals surface area contributed by atoms with Crippen molar-refractivity contribution in [2.45, 2.75) is 38.6 Å². The molecule has 0 N–H and O–H groups in total. The number of rotatable bonds is 0. The largest absolute Gasteiger partial charge is 0.300 e. The molecule has 1 heteroatoms. The van der Waals surface area contributed by atoms with Crippen LogP contribution in [0.3, 0.4) is 0 Å². The summed E-state index contributed by atoms with van der Waals surface area (Å²) in [5.41, 5.74) is 0. The normalized spacial score (nSPS) is 47.1. The second kappa shape index (κ2) is 2.54. The third kappa shape index (κ3) is 0.968. The first-order valence-corrected chi connectivity index (χ1v) is 4.62. The first kappa shape index (κ1) is 6.66. The lowest BCUT2D eigenvalue weighted by atomic mass is 9.83. The summed E-state index contributed by atoms with van der Waals surface area (Å²) < 4.78 is 0. The van der Waals surface area contributed by atoms with E-state index in [-0.39, 0.29) is 0 Å². The van der Waals surface area contributed by atoms with Gasteiger partial charge in [0.1, 0.15) is 0 Å². The van der Waals surface area contributed by atoms with E-state index >= 15 is 0 Å². The summed E-state index contributed by atoms with van der Waals surface area (Å²) >= 11 is 0. The Hall–Kier alpha value is -0.0400. The first-order valence-electron chi connectivity index (χ1n) is 4.62. The lowest BCUT2D eigenvalue weighted by Gasteiger charge is -2.43. The van der Waals surface area contributed by atoms with Crippen molar-refractivity contribution in [2.24, 2.45) is 5.92 Å². The van der Waals surface area contributed by atoms with E-state index < -0.39 is 0 Å². The fourth-order valence-electron chi connectivity index (χ4n) is 2.56. The minimum atomic E-state index is 0.905. The van der Waals surface area contributed by atoms with E-state index in [0.29, 0.717) is 0 Å². The van der Waals surface area contributed by atoms with Crippen molar-refractivity contribution in [3.8, 4) is 0 Å². The molecule has 2 fully saturated rings. The maximum absolute atomic E-state index is 2.66. The molecule has 2 aliphatic heterocycles. The van der Waals surface area contributed by atoms with Gasteiger partial charge in [0.2, 0.25) is 0 Å². The molecule has 58 valence electrons. The molecule has 0 amide bonds. The van der Waals surface area contributed by atoms with Gasteiger partial charge in [0, 0.05) is 6.04 Å². The molecule has 2 rings (SSSR count). The van der Waals surface area contributed by atoms with Crippen molar-refractivity contribution < 1.29 is 0 Å². The van der Waals surface area contributed by atoms with Crippen LogP contribution in [0.4, 0.5) is 0 Å². The van der Waals surface area contributed by atoms with Crippen molar-refractivity contribution in [1.29, 1.82) is 0 Å². The molecule has 0 aromatic rings. The van der Waals surface area contributed by atoms with Crippen LogP contribution in [0.5, 0.6) is 0 Å². The van der Waals surface area contributed by atoms with Gasteiger partial charge in [-0.1, -0.05) is 0 Å². The molecule has 0 aliphatic carbocycles. The second-order valence-corrected chi connectivity index (χ2v) is 3.82. The van der Waals surface area contributed by atoms with Gasteiger partial charge in [0.25, 0.3) is 0 Å². The molecule has 1 atom stereocenters. The van der Waals surface area contributed by atoms with E-state index in [2.05, 4.69) is 11.8 Å². The highest BCUT2D eigenvalue weighted by molar-refractivity contribution is 4.84. The van der Waals surface area contributed by atoms with Gasteiger partial charge in [0.05, 0.1) is 0 Å². The number of hydrogen-bond donors (Lipinski definition) is 0. The van der Waals surface area contributed by atoms with Gasteiger partial charge in [-0.2, -0.15) is 0 Å². The summed E-state index contributed by atoms with van der Waals surface area (Å²) in [6.07, 6.45) is 5.90. The zero-order valence-corrected chi connectivity index (χ0v) is 6.84. The highest BCUT2D eigenvalue weighted by Crippen LogP contribution is 2.31. The number of nitrogens with zero attached hydrogens (tertiary/aromatic N) is 1. The van der Waals surface area contributed by atoms with E-state index in [4.69, 9.17) is 0 Å². The Morgan fingerprint density at radius 1 is 1.10 bits per heavy atom. The Morgan fingerprint density at radius 2 is 1.70 bits per heavy atom. The van der Waals surface area contributed by atoms with Crippen LogP contribution in [0.2, 0.25) is 0 Å². The quantitative estimate of drug-likeness (QED) is 0.495. The summed E-state index contributed by atoms with van der Waals surface area (Å²) in [6.45, 7) is 5.15. The number of fused-ring (bicyclic) bond motifs is 2. The SMILES string of the molecule is CC1C2CCCN1CCC2. The molecule has 0 spiro atoms. The van der Waals surface area contributed by atoms with Crippen LogP contribution in [-0.2, 0) is 0 Å². The topological polar surface area (TPSA) is 3.24 Å². The van der Waals surface area contributed by atoms with Gasteiger partial charge < -0.3 is 4.90 Å².